The molecule has 0 aromatic carbocycles. The number of hydrogen-bond donors (Lipinski definition) is 1. The van der Waals surface area contributed by atoms with Crippen molar-refractivity contribution in [3.05, 3.63) is 24.3 Å². The molecule has 2 aliphatic heterocycles. The minimum atomic E-state index is -0.0758. The zero-order valence-corrected chi connectivity index (χ0v) is 15.4. The molecule has 1 aliphatic carbocycles. The number of piperidine rings is 1. The van der Waals surface area contributed by atoms with Crippen LogP contribution >= 0.6 is 0 Å². The summed E-state index contributed by atoms with van der Waals surface area (Å²) >= 11 is 0. The third kappa shape index (κ3) is 3.09. The molecule has 2 aromatic rings. The van der Waals surface area contributed by atoms with Crippen molar-refractivity contribution >= 4 is 22.8 Å². The van der Waals surface area contributed by atoms with Gasteiger partial charge in [-0.3, -0.25) is 14.6 Å². The largest absolute Gasteiger partial charge is 0.342 e. The summed E-state index contributed by atoms with van der Waals surface area (Å²) in [6.45, 7) is 2.16. The van der Waals surface area contributed by atoms with Crippen molar-refractivity contribution in [2.75, 3.05) is 19.6 Å². The number of rotatable bonds is 3. The topological polar surface area (TPSA) is 82.2 Å². The van der Waals surface area contributed by atoms with Crippen molar-refractivity contribution in [1.29, 1.82) is 0 Å². The number of carbonyl (C=O) groups excluding carboxylic acids is 2. The average Bonchev–Trinajstić information content (AvgIpc) is 3.27. The Kier molecular flexibility index (Phi) is 4.10. The van der Waals surface area contributed by atoms with Crippen molar-refractivity contribution in [3.63, 3.8) is 0 Å². The lowest BCUT2D eigenvalue weighted by molar-refractivity contribution is -0.142. The number of aromatic amines is 1. The van der Waals surface area contributed by atoms with Crippen LogP contribution in [0, 0.1) is 11.8 Å². The number of fused-ring (bicyclic) bond motifs is 1. The third-order valence-electron chi connectivity index (χ3n) is 6.16. The number of carbonyl (C=O) groups is 2. The average molecular weight is 367 g/mol. The first-order chi connectivity index (χ1) is 13.2. The quantitative estimate of drug-likeness (QED) is 0.902. The van der Waals surface area contributed by atoms with Crippen molar-refractivity contribution in [2.45, 2.75) is 44.6 Å². The highest BCUT2D eigenvalue weighted by molar-refractivity contribution is 5.84. The normalized spacial score (nSPS) is 25.9. The van der Waals surface area contributed by atoms with E-state index in [4.69, 9.17) is 4.98 Å². The van der Waals surface area contributed by atoms with Gasteiger partial charge in [0.05, 0.1) is 29.2 Å². The van der Waals surface area contributed by atoms with Crippen LogP contribution in [0.25, 0.3) is 11.0 Å². The molecule has 2 aromatic heterocycles. The zero-order valence-electron chi connectivity index (χ0n) is 15.4. The van der Waals surface area contributed by atoms with E-state index >= 15 is 0 Å². The first-order valence-corrected chi connectivity index (χ1v) is 10.1. The molecule has 1 N–H and O–H groups in total. The van der Waals surface area contributed by atoms with Crippen LogP contribution in [0.4, 0.5) is 0 Å². The Labute approximate surface area is 158 Å². The molecule has 7 nitrogen and oxygen atoms in total. The number of nitrogens with one attached hydrogen (secondary N) is 1. The Bertz CT molecular complexity index is 841. The lowest BCUT2D eigenvalue weighted by atomic mass is 9.95. The molecule has 3 aliphatic rings. The van der Waals surface area contributed by atoms with Crippen LogP contribution in [-0.2, 0) is 9.59 Å². The van der Waals surface area contributed by atoms with E-state index in [1.807, 2.05) is 15.9 Å². The van der Waals surface area contributed by atoms with Crippen LogP contribution in [0.15, 0.2) is 18.5 Å². The molecular weight excluding hydrogens is 342 g/mol. The van der Waals surface area contributed by atoms with Gasteiger partial charge in [-0.15, -0.1) is 0 Å². The maximum Gasteiger partial charge on any atom is 0.228 e. The smallest absolute Gasteiger partial charge is 0.228 e. The Morgan fingerprint density at radius 3 is 2.70 bits per heavy atom. The fourth-order valence-electron chi connectivity index (χ4n) is 4.55. The van der Waals surface area contributed by atoms with Gasteiger partial charge in [-0.25, -0.2) is 4.98 Å². The van der Waals surface area contributed by atoms with Gasteiger partial charge < -0.3 is 14.8 Å². The first kappa shape index (κ1) is 16.7. The Morgan fingerprint density at radius 2 is 1.89 bits per heavy atom. The summed E-state index contributed by atoms with van der Waals surface area (Å²) < 4.78 is 0. The molecule has 0 bridgehead atoms. The second-order valence-electron chi connectivity index (χ2n) is 8.10. The number of imidazole rings is 1. The number of pyridine rings is 1. The third-order valence-corrected chi connectivity index (χ3v) is 6.16. The van der Waals surface area contributed by atoms with Crippen LogP contribution in [0.5, 0.6) is 0 Å². The predicted octanol–water partition coefficient (Wildman–Crippen LogP) is 2.27. The van der Waals surface area contributed by atoms with Gasteiger partial charge in [-0.05, 0) is 44.6 Å². The maximum atomic E-state index is 13.3. The molecule has 3 fully saturated rings. The fourth-order valence-corrected chi connectivity index (χ4v) is 4.55. The van der Waals surface area contributed by atoms with Crippen LogP contribution < -0.4 is 0 Å². The van der Waals surface area contributed by atoms with Crippen LogP contribution in [0.1, 0.15) is 50.4 Å². The molecule has 2 amide bonds. The molecule has 2 atom stereocenters. The summed E-state index contributed by atoms with van der Waals surface area (Å²) in [4.78, 5) is 41.8. The van der Waals surface area contributed by atoms with E-state index in [1.54, 1.807) is 12.4 Å². The van der Waals surface area contributed by atoms with Crippen molar-refractivity contribution in [3.8, 4) is 0 Å². The lowest BCUT2D eigenvalue weighted by Crippen LogP contribution is -2.47. The number of amides is 2. The van der Waals surface area contributed by atoms with E-state index in [0.29, 0.717) is 6.54 Å². The molecule has 2 unspecified atom stereocenters. The Hall–Kier alpha value is -2.44. The van der Waals surface area contributed by atoms with Crippen LogP contribution in [0.2, 0.25) is 0 Å². The molecule has 0 radical (unpaired) electrons. The van der Waals surface area contributed by atoms with Gasteiger partial charge in [0.1, 0.15) is 5.82 Å². The summed E-state index contributed by atoms with van der Waals surface area (Å²) in [5.41, 5.74) is 1.80. The van der Waals surface area contributed by atoms with Gasteiger partial charge in [0.15, 0.2) is 0 Å². The van der Waals surface area contributed by atoms with Crippen LogP contribution in [0.3, 0.4) is 0 Å². The molecule has 4 heterocycles. The second-order valence-corrected chi connectivity index (χ2v) is 8.10. The van der Waals surface area contributed by atoms with Crippen molar-refractivity contribution < 1.29 is 9.59 Å². The first-order valence-electron chi connectivity index (χ1n) is 10.1. The molecule has 27 heavy (non-hydrogen) atoms. The van der Waals surface area contributed by atoms with E-state index in [-0.39, 0.29) is 29.7 Å². The minimum absolute atomic E-state index is 0.000546. The van der Waals surface area contributed by atoms with E-state index in [1.165, 1.54) is 0 Å². The van der Waals surface area contributed by atoms with E-state index in [2.05, 4.69) is 9.97 Å². The van der Waals surface area contributed by atoms with Crippen LogP contribution in [-0.4, -0.2) is 56.2 Å². The highest BCUT2D eigenvalue weighted by Crippen LogP contribution is 2.35. The van der Waals surface area contributed by atoms with Gasteiger partial charge in [0, 0.05) is 31.7 Å². The molecule has 2 saturated heterocycles. The second kappa shape index (κ2) is 6.62. The summed E-state index contributed by atoms with van der Waals surface area (Å²) in [5.74, 6) is 1.45. The maximum absolute atomic E-state index is 13.3. The van der Waals surface area contributed by atoms with Gasteiger partial charge >= 0.3 is 0 Å². The van der Waals surface area contributed by atoms with Gasteiger partial charge in [0.25, 0.3) is 0 Å². The molecule has 142 valence electrons. The van der Waals surface area contributed by atoms with E-state index in [0.717, 1.165) is 68.5 Å². The van der Waals surface area contributed by atoms with Gasteiger partial charge in [0.2, 0.25) is 11.8 Å². The molecular formula is C20H25N5O2. The minimum Gasteiger partial charge on any atom is -0.342 e. The number of aromatic nitrogens is 3. The zero-order chi connectivity index (χ0) is 18.4. The highest BCUT2D eigenvalue weighted by Gasteiger charge is 2.40. The summed E-state index contributed by atoms with van der Waals surface area (Å²) in [7, 11) is 0. The van der Waals surface area contributed by atoms with E-state index < -0.39 is 0 Å². The fraction of sp³-hybridized carbons (Fsp3) is 0.600. The molecule has 7 heteroatoms. The molecule has 1 saturated carbocycles. The lowest BCUT2D eigenvalue weighted by Gasteiger charge is -2.35. The van der Waals surface area contributed by atoms with Gasteiger partial charge in [-0.1, -0.05) is 0 Å². The number of hydrogen-bond acceptors (Lipinski definition) is 4. The summed E-state index contributed by atoms with van der Waals surface area (Å²) in [5, 5.41) is 0. The summed E-state index contributed by atoms with van der Waals surface area (Å²) in [6.07, 6.45) is 9.25. The number of H-pyrrole nitrogens is 1. The Morgan fingerprint density at radius 1 is 1.04 bits per heavy atom. The van der Waals surface area contributed by atoms with Crippen molar-refractivity contribution in [1.82, 2.24) is 24.8 Å². The monoisotopic (exact) mass is 367 g/mol. The highest BCUT2D eigenvalue weighted by atomic mass is 16.2. The Balaban J connectivity index is 1.33. The molecule has 0 spiro atoms. The molecule has 5 rings (SSSR count). The van der Waals surface area contributed by atoms with Crippen molar-refractivity contribution in [2.24, 2.45) is 11.8 Å². The number of nitrogens with zero attached hydrogens (tertiary/aromatic N) is 4. The predicted molar refractivity (Wildman–Crippen MR) is 99.6 cm³/mol. The van der Waals surface area contributed by atoms with E-state index in [9.17, 15) is 9.59 Å². The summed E-state index contributed by atoms with van der Waals surface area (Å²) in [6, 6.07) is 1.89. The standard InChI is InChI=1S/C20H25N5O2/c26-19(13-5-6-13)24-9-1-3-14(12-24)20(27)25-10-2-4-17(25)18-22-15-7-8-21-11-16(15)23-18/h7-8,11,13-14,17H,1-6,9-10,12H2,(H,22,23). The van der Waals surface area contributed by atoms with Gasteiger partial charge in [-0.2, -0.15) is 0 Å². The number of likely N-dealkylation sites (tertiary alicyclic amines) is 2. The SMILES string of the molecule is O=C(C1CC1)N1CCCC(C(=O)N2CCCC2c2nc3ccncc3[nH]2)C1.